The van der Waals surface area contributed by atoms with E-state index in [9.17, 15) is 9.59 Å². The van der Waals surface area contributed by atoms with Crippen LogP contribution in [0.15, 0.2) is 47.6 Å². The standard InChI is InChI=1S/C22H22ClN5O4S/c1-13(20(29)25-16-7-8-17-18(11-16)32-12-31-17)33-22-27-26-19(28(22)2)9-10-24-21(30)14-3-5-15(23)6-4-14/h3-8,11,13H,9-10,12H2,1-2H3,(H,24,30)(H,25,29). The molecule has 1 aromatic heterocycles. The minimum atomic E-state index is -0.407. The van der Waals surface area contributed by atoms with Gasteiger partial charge in [0.05, 0.1) is 5.25 Å². The molecule has 2 amide bonds. The summed E-state index contributed by atoms with van der Waals surface area (Å²) < 4.78 is 12.4. The normalized spacial score (nSPS) is 12.9. The van der Waals surface area contributed by atoms with Gasteiger partial charge in [-0.1, -0.05) is 23.4 Å². The molecule has 1 aliphatic heterocycles. The number of halogens is 1. The first-order valence-electron chi connectivity index (χ1n) is 10.2. The van der Waals surface area contributed by atoms with E-state index in [1.807, 2.05) is 11.6 Å². The highest BCUT2D eigenvalue weighted by Crippen LogP contribution is 2.34. The first kappa shape index (κ1) is 22.9. The van der Waals surface area contributed by atoms with Gasteiger partial charge in [-0.2, -0.15) is 0 Å². The molecular weight excluding hydrogens is 466 g/mol. The SMILES string of the molecule is CC(Sc1nnc(CCNC(=O)c2ccc(Cl)cc2)n1C)C(=O)Nc1ccc2c(c1)OCO2. The molecule has 4 rings (SSSR count). The van der Waals surface area contributed by atoms with E-state index in [4.69, 9.17) is 21.1 Å². The summed E-state index contributed by atoms with van der Waals surface area (Å²) in [6, 6.07) is 11.9. The highest BCUT2D eigenvalue weighted by atomic mass is 35.5. The summed E-state index contributed by atoms with van der Waals surface area (Å²) in [5.41, 5.74) is 1.17. The molecule has 1 aliphatic rings. The number of hydrogen-bond donors (Lipinski definition) is 2. The largest absolute Gasteiger partial charge is 0.454 e. The fourth-order valence-corrected chi connectivity index (χ4v) is 4.05. The highest BCUT2D eigenvalue weighted by molar-refractivity contribution is 8.00. The second-order valence-corrected chi connectivity index (χ2v) is 9.03. The van der Waals surface area contributed by atoms with Crippen molar-refractivity contribution in [2.24, 2.45) is 7.05 Å². The molecule has 0 fully saturated rings. The molecule has 172 valence electrons. The maximum Gasteiger partial charge on any atom is 0.251 e. The van der Waals surface area contributed by atoms with Crippen LogP contribution in [-0.2, 0) is 18.3 Å². The number of anilines is 1. The van der Waals surface area contributed by atoms with Crippen molar-refractivity contribution >= 4 is 40.9 Å². The number of nitrogens with one attached hydrogen (secondary N) is 2. The van der Waals surface area contributed by atoms with Gasteiger partial charge in [0, 0.05) is 42.4 Å². The number of rotatable bonds is 8. The van der Waals surface area contributed by atoms with Gasteiger partial charge < -0.3 is 24.7 Å². The molecule has 2 N–H and O–H groups in total. The molecule has 0 bridgehead atoms. The Morgan fingerprint density at radius 1 is 1.15 bits per heavy atom. The quantitative estimate of drug-likeness (QED) is 0.469. The summed E-state index contributed by atoms with van der Waals surface area (Å²) in [4.78, 5) is 24.8. The number of amides is 2. The Bertz CT molecular complexity index is 1170. The van der Waals surface area contributed by atoms with Gasteiger partial charge in [-0.15, -0.1) is 10.2 Å². The summed E-state index contributed by atoms with van der Waals surface area (Å²) in [6.45, 7) is 2.38. The number of ether oxygens (including phenoxy) is 2. The monoisotopic (exact) mass is 487 g/mol. The fourth-order valence-electron chi connectivity index (χ4n) is 3.09. The van der Waals surface area contributed by atoms with Gasteiger partial charge in [0.1, 0.15) is 5.82 Å². The topological polar surface area (TPSA) is 107 Å². The van der Waals surface area contributed by atoms with Crippen molar-refractivity contribution in [1.29, 1.82) is 0 Å². The van der Waals surface area contributed by atoms with Gasteiger partial charge in [-0.3, -0.25) is 9.59 Å². The fraction of sp³-hybridized carbons (Fsp3) is 0.273. The van der Waals surface area contributed by atoms with Crippen LogP contribution in [0.3, 0.4) is 0 Å². The lowest BCUT2D eigenvalue weighted by molar-refractivity contribution is -0.115. The number of hydrogen-bond acceptors (Lipinski definition) is 7. The molecular formula is C22H22ClN5O4S. The van der Waals surface area contributed by atoms with Crippen molar-refractivity contribution in [3.05, 3.63) is 58.9 Å². The molecule has 9 nitrogen and oxygen atoms in total. The molecule has 33 heavy (non-hydrogen) atoms. The van der Waals surface area contributed by atoms with Crippen LogP contribution in [0.5, 0.6) is 11.5 Å². The number of carbonyl (C=O) groups is 2. The maximum atomic E-state index is 12.6. The Morgan fingerprint density at radius 2 is 1.91 bits per heavy atom. The zero-order chi connectivity index (χ0) is 23.4. The average molecular weight is 488 g/mol. The lowest BCUT2D eigenvalue weighted by atomic mass is 10.2. The number of benzene rings is 2. The van der Waals surface area contributed by atoms with E-state index in [0.717, 1.165) is 0 Å². The van der Waals surface area contributed by atoms with Crippen molar-refractivity contribution in [2.75, 3.05) is 18.7 Å². The molecule has 0 radical (unpaired) electrons. The molecule has 0 spiro atoms. The molecule has 2 heterocycles. The van der Waals surface area contributed by atoms with Crippen molar-refractivity contribution < 1.29 is 19.1 Å². The molecule has 3 aromatic rings. The van der Waals surface area contributed by atoms with Gasteiger partial charge in [-0.05, 0) is 43.3 Å². The van der Waals surface area contributed by atoms with E-state index in [1.165, 1.54) is 11.8 Å². The van der Waals surface area contributed by atoms with Crippen LogP contribution in [-0.4, -0.2) is 45.2 Å². The van der Waals surface area contributed by atoms with E-state index in [0.29, 0.717) is 51.7 Å². The van der Waals surface area contributed by atoms with Gasteiger partial charge in [0.25, 0.3) is 5.91 Å². The molecule has 2 aromatic carbocycles. The molecule has 0 aliphatic carbocycles. The first-order valence-corrected chi connectivity index (χ1v) is 11.5. The predicted molar refractivity (Wildman–Crippen MR) is 125 cm³/mol. The zero-order valence-electron chi connectivity index (χ0n) is 18.0. The van der Waals surface area contributed by atoms with E-state index in [-0.39, 0.29) is 18.6 Å². The summed E-state index contributed by atoms with van der Waals surface area (Å²) >= 11 is 7.15. The average Bonchev–Trinajstić information content (AvgIpc) is 3.41. The van der Waals surface area contributed by atoms with E-state index >= 15 is 0 Å². The van der Waals surface area contributed by atoms with Gasteiger partial charge in [-0.25, -0.2) is 0 Å². The van der Waals surface area contributed by atoms with E-state index < -0.39 is 5.25 Å². The maximum absolute atomic E-state index is 12.6. The third-order valence-electron chi connectivity index (χ3n) is 4.96. The van der Waals surface area contributed by atoms with Gasteiger partial charge >= 0.3 is 0 Å². The van der Waals surface area contributed by atoms with Gasteiger partial charge in [0.15, 0.2) is 16.7 Å². The lowest BCUT2D eigenvalue weighted by Crippen LogP contribution is -2.26. The third-order valence-corrected chi connectivity index (χ3v) is 6.34. The Balaban J connectivity index is 1.28. The van der Waals surface area contributed by atoms with Crippen LogP contribution >= 0.6 is 23.4 Å². The van der Waals surface area contributed by atoms with Crippen molar-refractivity contribution in [2.45, 2.75) is 23.8 Å². The van der Waals surface area contributed by atoms with Crippen molar-refractivity contribution in [3.63, 3.8) is 0 Å². The summed E-state index contributed by atoms with van der Waals surface area (Å²) in [5.74, 6) is 1.62. The second-order valence-electron chi connectivity index (χ2n) is 7.29. The Labute approximate surface area is 199 Å². The molecule has 11 heteroatoms. The summed E-state index contributed by atoms with van der Waals surface area (Å²) in [6.07, 6.45) is 0.501. The zero-order valence-corrected chi connectivity index (χ0v) is 19.6. The molecule has 0 saturated heterocycles. The number of nitrogens with zero attached hydrogens (tertiary/aromatic N) is 3. The first-order chi connectivity index (χ1) is 15.9. The summed E-state index contributed by atoms with van der Waals surface area (Å²) in [5, 5.41) is 14.9. The van der Waals surface area contributed by atoms with Crippen LogP contribution in [0, 0.1) is 0 Å². The van der Waals surface area contributed by atoms with Crippen LogP contribution in [0.1, 0.15) is 23.1 Å². The number of carbonyl (C=O) groups excluding carboxylic acids is 2. The summed E-state index contributed by atoms with van der Waals surface area (Å²) in [7, 11) is 1.83. The van der Waals surface area contributed by atoms with E-state index in [2.05, 4.69) is 20.8 Å². The molecule has 0 saturated carbocycles. The second kappa shape index (κ2) is 10.1. The van der Waals surface area contributed by atoms with Crippen LogP contribution in [0.2, 0.25) is 5.02 Å². The lowest BCUT2D eigenvalue weighted by Gasteiger charge is -2.12. The van der Waals surface area contributed by atoms with Crippen LogP contribution in [0.4, 0.5) is 5.69 Å². The molecule has 1 atom stereocenters. The predicted octanol–water partition coefficient (Wildman–Crippen LogP) is 3.29. The molecule has 1 unspecified atom stereocenters. The third kappa shape index (κ3) is 5.58. The van der Waals surface area contributed by atoms with Crippen molar-refractivity contribution in [3.8, 4) is 11.5 Å². The number of thioether (sulfide) groups is 1. The number of fused-ring (bicyclic) bond motifs is 1. The van der Waals surface area contributed by atoms with Gasteiger partial charge in [0.2, 0.25) is 12.7 Å². The van der Waals surface area contributed by atoms with Crippen LogP contribution in [0.25, 0.3) is 0 Å². The Morgan fingerprint density at radius 3 is 2.70 bits per heavy atom. The Hall–Kier alpha value is -3.24. The van der Waals surface area contributed by atoms with Crippen LogP contribution < -0.4 is 20.1 Å². The van der Waals surface area contributed by atoms with Crippen molar-refractivity contribution in [1.82, 2.24) is 20.1 Å². The highest BCUT2D eigenvalue weighted by Gasteiger charge is 2.20. The minimum absolute atomic E-state index is 0.168. The Kier molecular flexibility index (Phi) is 7.05. The van der Waals surface area contributed by atoms with E-state index in [1.54, 1.807) is 49.4 Å². The number of aromatic nitrogens is 3. The minimum Gasteiger partial charge on any atom is -0.454 e. The smallest absolute Gasteiger partial charge is 0.251 e.